The summed E-state index contributed by atoms with van der Waals surface area (Å²) in [5.74, 6) is 0.670. The summed E-state index contributed by atoms with van der Waals surface area (Å²) in [4.78, 5) is 24.5. The van der Waals surface area contributed by atoms with E-state index in [0.29, 0.717) is 24.3 Å². The van der Waals surface area contributed by atoms with Crippen LogP contribution < -0.4 is 20.7 Å². The summed E-state index contributed by atoms with van der Waals surface area (Å²) in [7, 11) is 0. The molecule has 0 atom stereocenters. The van der Waals surface area contributed by atoms with Crippen LogP contribution in [0.3, 0.4) is 0 Å². The molecule has 0 aromatic heterocycles. The molecule has 3 amide bonds. The minimum absolute atomic E-state index is 0.158. The first-order valence-electron chi connectivity index (χ1n) is 10.2. The Balaban J connectivity index is 1.60. The van der Waals surface area contributed by atoms with E-state index in [-0.39, 0.29) is 18.0 Å². The number of nitrogens with one attached hydrogen (secondary N) is 3. The smallest absolute Gasteiger partial charge is 0.319 e. The number of urea groups is 1. The number of carbonyl (C=O) groups is 2. The van der Waals surface area contributed by atoms with Crippen LogP contribution in [0.1, 0.15) is 54.1 Å². The molecule has 0 unspecified atom stereocenters. The van der Waals surface area contributed by atoms with Crippen molar-refractivity contribution in [1.82, 2.24) is 10.6 Å². The Kier molecular flexibility index (Phi) is 7.11. The predicted molar refractivity (Wildman–Crippen MR) is 114 cm³/mol. The molecular formula is C23H29N3O3. The molecule has 6 heteroatoms. The molecule has 2 aromatic rings. The molecule has 1 fully saturated rings. The van der Waals surface area contributed by atoms with Gasteiger partial charge in [-0.25, -0.2) is 4.79 Å². The van der Waals surface area contributed by atoms with E-state index in [1.54, 1.807) is 12.1 Å². The minimum Gasteiger partial charge on any atom is -0.490 e. The molecule has 2 aromatic carbocycles. The van der Waals surface area contributed by atoms with Crippen molar-refractivity contribution in [1.29, 1.82) is 0 Å². The van der Waals surface area contributed by atoms with Gasteiger partial charge in [0.1, 0.15) is 5.75 Å². The van der Waals surface area contributed by atoms with E-state index < -0.39 is 0 Å². The lowest BCUT2D eigenvalue weighted by Gasteiger charge is -2.17. The Bertz CT molecular complexity index is 860. The van der Waals surface area contributed by atoms with Crippen molar-refractivity contribution in [2.45, 2.75) is 52.2 Å². The topological polar surface area (TPSA) is 79.5 Å². The van der Waals surface area contributed by atoms with E-state index in [2.05, 4.69) is 16.0 Å². The molecular weight excluding hydrogens is 366 g/mol. The van der Waals surface area contributed by atoms with Crippen molar-refractivity contribution in [3.63, 3.8) is 0 Å². The van der Waals surface area contributed by atoms with Crippen LogP contribution in [-0.2, 0) is 6.54 Å². The van der Waals surface area contributed by atoms with Crippen LogP contribution in [0.15, 0.2) is 42.5 Å². The quantitative estimate of drug-likeness (QED) is 0.651. The molecule has 29 heavy (non-hydrogen) atoms. The molecule has 0 saturated heterocycles. The van der Waals surface area contributed by atoms with Crippen LogP contribution in [0.2, 0.25) is 0 Å². The van der Waals surface area contributed by atoms with Gasteiger partial charge in [-0.1, -0.05) is 24.3 Å². The van der Waals surface area contributed by atoms with Crippen LogP contribution in [0.5, 0.6) is 5.75 Å². The number of anilines is 1. The maximum Gasteiger partial charge on any atom is 0.319 e. The lowest BCUT2D eigenvalue weighted by Crippen LogP contribution is -2.29. The number of carbonyl (C=O) groups excluding carboxylic acids is 2. The lowest BCUT2D eigenvalue weighted by atomic mass is 10.1. The number of aryl methyl sites for hydroxylation is 1. The fourth-order valence-electron chi connectivity index (χ4n) is 3.45. The normalized spacial score (nSPS) is 13.7. The third kappa shape index (κ3) is 5.73. The van der Waals surface area contributed by atoms with Crippen LogP contribution in [-0.4, -0.2) is 24.6 Å². The molecule has 1 saturated carbocycles. The molecule has 0 spiro atoms. The summed E-state index contributed by atoms with van der Waals surface area (Å²) in [6.07, 6.45) is 4.86. The maximum atomic E-state index is 12.4. The second-order valence-corrected chi connectivity index (χ2v) is 7.33. The summed E-state index contributed by atoms with van der Waals surface area (Å²) in [5.41, 5.74) is 2.96. The second kappa shape index (κ2) is 9.96. The zero-order valence-corrected chi connectivity index (χ0v) is 17.1. The van der Waals surface area contributed by atoms with Crippen molar-refractivity contribution in [2.75, 3.05) is 11.9 Å². The molecule has 0 bridgehead atoms. The second-order valence-electron chi connectivity index (χ2n) is 7.33. The Hall–Kier alpha value is -3.02. The van der Waals surface area contributed by atoms with Gasteiger partial charge in [0.25, 0.3) is 5.91 Å². The summed E-state index contributed by atoms with van der Waals surface area (Å²) in [6, 6.07) is 12.7. The molecule has 3 rings (SSSR count). The van der Waals surface area contributed by atoms with E-state index >= 15 is 0 Å². The van der Waals surface area contributed by atoms with Crippen LogP contribution in [0, 0.1) is 6.92 Å². The molecule has 3 N–H and O–H groups in total. The number of amides is 3. The van der Waals surface area contributed by atoms with Gasteiger partial charge in [-0.05, 0) is 63.3 Å². The molecule has 6 nitrogen and oxygen atoms in total. The molecule has 1 aliphatic rings. The lowest BCUT2D eigenvalue weighted by molar-refractivity contribution is 0.0956. The average molecular weight is 396 g/mol. The van der Waals surface area contributed by atoms with Crippen LogP contribution in [0.25, 0.3) is 0 Å². The molecule has 0 aliphatic heterocycles. The minimum atomic E-state index is -0.322. The van der Waals surface area contributed by atoms with Gasteiger partial charge >= 0.3 is 6.03 Å². The SMILES string of the molecule is CCNC(=O)c1ccc(C)c(NC(=O)NCc2ccccc2OC2CCCC2)c1. The van der Waals surface area contributed by atoms with E-state index in [1.165, 1.54) is 12.8 Å². The number of para-hydroxylation sites is 1. The Labute approximate surface area is 172 Å². The summed E-state index contributed by atoms with van der Waals surface area (Å²) in [5, 5.41) is 8.49. The van der Waals surface area contributed by atoms with E-state index in [9.17, 15) is 9.59 Å². The molecule has 1 aliphatic carbocycles. The number of ether oxygens (including phenoxy) is 1. The Morgan fingerprint density at radius 2 is 1.83 bits per heavy atom. The van der Waals surface area contributed by atoms with Gasteiger partial charge < -0.3 is 20.7 Å². The molecule has 154 valence electrons. The van der Waals surface area contributed by atoms with Crippen molar-refractivity contribution in [3.05, 3.63) is 59.2 Å². The van der Waals surface area contributed by atoms with Crippen molar-refractivity contribution >= 4 is 17.6 Å². The van der Waals surface area contributed by atoms with Crippen LogP contribution in [0.4, 0.5) is 10.5 Å². The maximum absolute atomic E-state index is 12.4. The van der Waals surface area contributed by atoms with Gasteiger partial charge in [0.15, 0.2) is 0 Å². The number of benzene rings is 2. The average Bonchev–Trinajstić information content (AvgIpc) is 3.22. The first-order chi connectivity index (χ1) is 14.1. The van der Waals surface area contributed by atoms with E-state index in [0.717, 1.165) is 29.7 Å². The van der Waals surface area contributed by atoms with Gasteiger partial charge in [-0.15, -0.1) is 0 Å². The highest BCUT2D eigenvalue weighted by Gasteiger charge is 2.18. The Morgan fingerprint density at radius 3 is 2.59 bits per heavy atom. The van der Waals surface area contributed by atoms with Crippen molar-refractivity contribution in [2.24, 2.45) is 0 Å². The highest BCUT2D eigenvalue weighted by molar-refractivity contribution is 5.97. The highest BCUT2D eigenvalue weighted by Crippen LogP contribution is 2.26. The van der Waals surface area contributed by atoms with E-state index in [4.69, 9.17) is 4.74 Å². The fraction of sp³-hybridized carbons (Fsp3) is 0.391. The fourth-order valence-corrected chi connectivity index (χ4v) is 3.45. The standard InChI is InChI=1S/C23H29N3O3/c1-3-24-22(27)17-13-12-16(2)20(14-17)26-23(28)25-15-18-8-4-7-11-21(18)29-19-9-5-6-10-19/h4,7-8,11-14,19H,3,5-6,9-10,15H2,1-2H3,(H,24,27)(H2,25,26,28). The first-order valence-corrected chi connectivity index (χ1v) is 10.2. The summed E-state index contributed by atoms with van der Waals surface area (Å²) < 4.78 is 6.13. The summed E-state index contributed by atoms with van der Waals surface area (Å²) >= 11 is 0. The zero-order chi connectivity index (χ0) is 20.6. The third-order valence-electron chi connectivity index (χ3n) is 5.09. The van der Waals surface area contributed by atoms with Gasteiger partial charge in [-0.3, -0.25) is 4.79 Å². The zero-order valence-electron chi connectivity index (χ0n) is 17.1. The Morgan fingerprint density at radius 1 is 1.07 bits per heavy atom. The summed E-state index contributed by atoms with van der Waals surface area (Å²) in [6.45, 7) is 4.68. The highest BCUT2D eigenvalue weighted by atomic mass is 16.5. The largest absolute Gasteiger partial charge is 0.490 e. The van der Waals surface area contributed by atoms with Gasteiger partial charge in [-0.2, -0.15) is 0 Å². The molecule has 0 radical (unpaired) electrons. The number of rotatable bonds is 7. The van der Waals surface area contributed by atoms with Gasteiger partial charge in [0.05, 0.1) is 6.10 Å². The van der Waals surface area contributed by atoms with Gasteiger partial charge in [0.2, 0.25) is 0 Å². The monoisotopic (exact) mass is 395 g/mol. The predicted octanol–water partition coefficient (Wildman–Crippen LogP) is 4.39. The van der Waals surface area contributed by atoms with Crippen molar-refractivity contribution < 1.29 is 14.3 Å². The van der Waals surface area contributed by atoms with E-state index in [1.807, 2.05) is 44.2 Å². The van der Waals surface area contributed by atoms with Crippen molar-refractivity contribution in [3.8, 4) is 5.75 Å². The van der Waals surface area contributed by atoms with Gasteiger partial charge in [0, 0.05) is 29.9 Å². The number of hydrogen-bond donors (Lipinski definition) is 3. The number of hydrogen-bond acceptors (Lipinski definition) is 3. The first kappa shape index (κ1) is 20.7. The molecule has 0 heterocycles. The third-order valence-corrected chi connectivity index (χ3v) is 5.09. The van der Waals surface area contributed by atoms with Crippen LogP contribution >= 0.6 is 0 Å².